The van der Waals surface area contributed by atoms with Crippen LogP contribution in [0, 0.1) is 0 Å². The number of primary amides is 1. The normalized spacial score (nSPS) is 11.6. The van der Waals surface area contributed by atoms with Gasteiger partial charge < -0.3 is 11.5 Å². The summed E-state index contributed by atoms with van der Waals surface area (Å²) in [5.41, 5.74) is 13.4. The van der Waals surface area contributed by atoms with Gasteiger partial charge in [0.05, 0.1) is 27.3 Å². The number of thiazole rings is 1. The highest BCUT2D eigenvalue weighted by atomic mass is 35.5. The zero-order valence-corrected chi connectivity index (χ0v) is 18.5. The van der Waals surface area contributed by atoms with Gasteiger partial charge in [0.1, 0.15) is 16.0 Å². The average molecular weight is 473 g/mol. The minimum absolute atomic E-state index is 0.00764. The molecule has 0 saturated carbocycles. The fourth-order valence-electron chi connectivity index (χ4n) is 3.32. The monoisotopic (exact) mass is 472 g/mol. The maximum atomic E-state index is 13.4. The minimum atomic E-state index is -3.82. The predicted molar refractivity (Wildman–Crippen MR) is 123 cm³/mol. The number of halogens is 1. The third kappa shape index (κ3) is 4.39. The third-order valence-corrected chi connectivity index (χ3v) is 7.49. The maximum Gasteiger partial charge on any atom is 0.224 e. The van der Waals surface area contributed by atoms with Gasteiger partial charge in [0.2, 0.25) is 5.91 Å². The molecule has 0 aliphatic heterocycles. The molecule has 158 valence electrons. The number of fused-ring (bicyclic) bond motifs is 1. The summed E-state index contributed by atoms with van der Waals surface area (Å²) in [6, 6.07) is 15.5. The number of hydrogen-bond acceptors (Lipinski definition) is 7. The molecule has 0 saturated heterocycles. The Bertz CT molecular complexity index is 1400. The first-order chi connectivity index (χ1) is 14.7. The van der Waals surface area contributed by atoms with E-state index in [1.165, 1.54) is 17.4 Å². The van der Waals surface area contributed by atoms with Crippen LogP contribution in [0.2, 0.25) is 5.15 Å². The molecule has 4 N–H and O–H groups in total. The van der Waals surface area contributed by atoms with E-state index in [1.54, 1.807) is 36.4 Å². The van der Waals surface area contributed by atoms with Crippen molar-refractivity contribution in [3.8, 4) is 11.1 Å². The topological polar surface area (TPSA) is 129 Å². The van der Waals surface area contributed by atoms with Crippen LogP contribution in [0.5, 0.6) is 0 Å². The maximum absolute atomic E-state index is 13.4. The fraction of sp³-hybridized carbons (Fsp3) is 0.0952. The Hall–Kier alpha value is -3.01. The molecule has 4 rings (SSSR count). The van der Waals surface area contributed by atoms with Crippen molar-refractivity contribution in [2.45, 2.75) is 17.1 Å². The Balaban J connectivity index is 1.92. The molecule has 1 amide bonds. The number of carbonyl (C=O) groups is 1. The molecule has 7 nitrogen and oxygen atoms in total. The number of hydrogen-bond donors (Lipinski definition) is 2. The molecular formula is C21H17ClN4O3S2. The zero-order valence-electron chi connectivity index (χ0n) is 16.1. The molecule has 10 heteroatoms. The van der Waals surface area contributed by atoms with Crippen molar-refractivity contribution in [3.05, 3.63) is 70.3 Å². The van der Waals surface area contributed by atoms with Crippen molar-refractivity contribution in [2.75, 3.05) is 5.73 Å². The highest BCUT2D eigenvalue weighted by molar-refractivity contribution is 7.90. The number of nitrogen functional groups attached to an aromatic ring is 1. The summed E-state index contributed by atoms with van der Waals surface area (Å²) < 4.78 is 27.5. The fourth-order valence-corrected chi connectivity index (χ4v) is 6.19. The van der Waals surface area contributed by atoms with Gasteiger partial charge in [0.25, 0.3) is 0 Å². The first-order valence-corrected chi connectivity index (χ1v) is 12.0. The summed E-state index contributed by atoms with van der Waals surface area (Å²) in [6.07, 6.45) is -0.00764. The van der Waals surface area contributed by atoms with E-state index in [9.17, 15) is 13.2 Å². The van der Waals surface area contributed by atoms with Crippen LogP contribution in [0.1, 0.15) is 10.6 Å². The van der Waals surface area contributed by atoms with Gasteiger partial charge in [0, 0.05) is 11.1 Å². The van der Waals surface area contributed by atoms with Gasteiger partial charge in [-0.05, 0) is 17.7 Å². The largest absolute Gasteiger partial charge is 0.383 e. The van der Waals surface area contributed by atoms with Gasteiger partial charge in [-0.3, -0.25) is 4.79 Å². The van der Waals surface area contributed by atoms with E-state index in [0.29, 0.717) is 21.7 Å². The molecule has 4 aromatic rings. The lowest BCUT2D eigenvalue weighted by Gasteiger charge is -2.14. The Morgan fingerprint density at radius 1 is 1.06 bits per heavy atom. The third-order valence-electron chi connectivity index (χ3n) is 4.57. The Morgan fingerprint density at radius 2 is 1.81 bits per heavy atom. The van der Waals surface area contributed by atoms with Gasteiger partial charge in [0.15, 0.2) is 9.84 Å². The zero-order chi connectivity index (χ0) is 22.2. The number of carbonyl (C=O) groups excluding carboxylic acids is 1. The van der Waals surface area contributed by atoms with Gasteiger partial charge in [-0.25, -0.2) is 18.4 Å². The van der Waals surface area contributed by atoms with E-state index in [0.717, 1.165) is 4.70 Å². The molecular weight excluding hydrogens is 456 g/mol. The second kappa shape index (κ2) is 8.26. The smallest absolute Gasteiger partial charge is 0.224 e. The van der Waals surface area contributed by atoms with Gasteiger partial charge in [-0.15, -0.1) is 11.3 Å². The summed E-state index contributed by atoms with van der Waals surface area (Å²) in [4.78, 5) is 19.9. The van der Waals surface area contributed by atoms with Gasteiger partial charge in [-0.1, -0.05) is 54.1 Å². The Labute approximate surface area is 187 Å². The van der Waals surface area contributed by atoms with Crippen molar-refractivity contribution >= 4 is 54.7 Å². The van der Waals surface area contributed by atoms with Crippen molar-refractivity contribution in [1.29, 1.82) is 0 Å². The second-order valence-corrected chi connectivity index (χ2v) is 10.3. The number of nitrogens with two attached hydrogens (primary N) is 2. The SMILES string of the molecule is NC(=O)Cc1nc2c(-c3c(S(=O)(=O)Cc4ccccc4)cc(Cl)nc3N)cccc2s1. The number of para-hydroxylation sites is 1. The lowest BCUT2D eigenvalue weighted by atomic mass is 10.1. The van der Waals surface area contributed by atoms with E-state index in [4.69, 9.17) is 23.1 Å². The predicted octanol–water partition coefficient (Wildman–Crippen LogP) is 3.60. The molecule has 0 aliphatic rings. The molecule has 31 heavy (non-hydrogen) atoms. The minimum Gasteiger partial charge on any atom is -0.383 e. The number of sulfone groups is 1. The van der Waals surface area contributed by atoms with Gasteiger partial charge >= 0.3 is 0 Å². The highest BCUT2D eigenvalue weighted by Crippen LogP contribution is 2.39. The summed E-state index contributed by atoms with van der Waals surface area (Å²) in [7, 11) is -3.82. The molecule has 0 spiro atoms. The lowest BCUT2D eigenvalue weighted by Crippen LogP contribution is -2.13. The van der Waals surface area contributed by atoms with E-state index in [1.807, 2.05) is 12.1 Å². The van der Waals surface area contributed by atoms with E-state index < -0.39 is 15.7 Å². The molecule has 0 aliphatic carbocycles. The summed E-state index contributed by atoms with van der Waals surface area (Å²) in [5.74, 6) is -0.740. The molecule has 2 heterocycles. The quantitative estimate of drug-likeness (QED) is 0.412. The van der Waals surface area contributed by atoms with Crippen LogP contribution in [-0.2, 0) is 26.8 Å². The van der Waals surface area contributed by atoms with Crippen LogP contribution in [0.15, 0.2) is 59.5 Å². The molecule has 2 aromatic carbocycles. The van der Waals surface area contributed by atoms with Crippen LogP contribution in [0.3, 0.4) is 0 Å². The average Bonchev–Trinajstić information content (AvgIpc) is 3.10. The number of pyridine rings is 1. The molecule has 0 radical (unpaired) electrons. The van der Waals surface area contributed by atoms with Crippen molar-refractivity contribution in [2.24, 2.45) is 5.73 Å². The number of nitrogens with zero attached hydrogens (tertiary/aromatic N) is 2. The second-order valence-electron chi connectivity index (χ2n) is 6.85. The van der Waals surface area contributed by atoms with Crippen LogP contribution < -0.4 is 11.5 Å². The molecule has 2 aromatic heterocycles. The number of amides is 1. The molecule has 0 unspecified atom stereocenters. The van der Waals surface area contributed by atoms with Crippen LogP contribution in [0.4, 0.5) is 5.82 Å². The number of aromatic nitrogens is 2. The van der Waals surface area contributed by atoms with Gasteiger partial charge in [-0.2, -0.15) is 0 Å². The van der Waals surface area contributed by atoms with Crippen LogP contribution in [0.25, 0.3) is 21.3 Å². The van der Waals surface area contributed by atoms with E-state index in [-0.39, 0.29) is 33.6 Å². The van der Waals surface area contributed by atoms with E-state index >= 15 is 0 Å². The summed E-state index contributed by atoms with van der Waals surface area (Å²) in [6.45, 7) is 0. The van der Waals surface area contributed by atoms with E-state index in [2.05, 4.69) is 9.97 Å². The van der Waals surface area contributed by atoms with Crippen molar-refractivity contribution < 1.29 is 13.2 Å². The van der Waals surface area contributed by atoms with Crippen LogP contribution >= 0.6 is 22.9 Å². The van der Waals surface area contributed by atoms with Crippen molar-refractivity contribution in [1.82, 2.24) is 9.97 Å². The summed E-state index contributed by atoms with van der Waals surface area (Å²) >= 11 is 7.39. The Morgan fingerprint density at radius 3 is 2.52 bits per heavy atom. The molecule has 0 atom stereocenters. The number of benzene rings is 2. The molecule has 0 bridgehead atoms. The molecule has 0 fully saturated rings. The number of rotatable bonds is 6. The number of anilines is 1. The first kappa shape index (κ1) is 21.2. The highest BCUT2D eigenvalue weighted by Gasteiger charge is 2.26. The van der Waals surface area contributed by atoms with Crippen molar-refractivity contribution in [3.63, 3.8) is 0 Å². The lowest BCUT2D eigenvalue weighted by molar-refractivity contribution is -0.117. The van der Waals surface area contributed by atoms with Crippen LogP contribution in [-0.4, -0.2) is 24.3 Å². The summed E-state index contributed by atoms with van der Waals surface area (Å²) in [5, 5.41) is 0.511. The first-order valence-electron chi connectivity index (χ1n) is 9.14. The standard InChI is InChI=1S/C21H17ClN4O3S2/c22-16-9-15(31(28,29)11-12-5-2-1-3-6-12)19(21(24)25-16)13-7-4-8-14-20(13)26-18(30-14)10-17(23)27/h1-9H,10-11H2,(H2,23,27)(H2,24,25). The Kier molecular flexibility index (Phi) is 5.65.